The molecule has 1 aliphatic heterocycles. The van der Waals surface area contributed by atoms with Crippen LogP contribution in [-0.2, 0) is 4.74 Å². The molecule has 1 saturated heterocycles. The van der Waals surface area contributed by atoms with E-state index >= 15 is 0 Å². The van der Waals surface area contributed by atoms with Crippen LogP contribution < -0.4 is 5.32 Å². The molecule has 0 spiro atoms. The standard InChI is InChI=1S/C13H18FNO/c1-9-7-8-16-13(10(2)15-9)11-3-5-12(14)6-4-11/h3-6,9-10,13,15H,7-8H2,1-2H3. The highest BCUT2D eigenvalue weighted by atomic mass is 19.1. The molecule has 1 aromatic rings. The highest BCUT2D eigenvalue weighted by Gasteiger charge is 2.24. The number of halogens is 1. The number of hydrogen-bond donors (Lipinski definition) is 1. The molecule has 2 nitrogen and oxygen atoms in total. The van der Waals surface area contributed by atoms with Crippen LogP contribution in [0.5, 0.6) is 0 Å². The monoisotopic (exact) mass is 223 g/mol. The fourth-order valence-electron chi connectivity index (χ4n) is 2.17. The van der Waals surface area contributed by atoms with Gasteiger partial charge in [-0.05, 0) is 38.0 Å². The number of rotatable bonds is 1. The fourth-order valence-corrected chi connectivity index (χ4v) is 2.17. The zero-order valence-electron chi connectivity index (χ0n) is 9.74. The summed E-state index contributed by atoms with van der Waals surface area (Å²) >= 11 is 0. The van der Waals surface area contributed by atoms with Crippen LogP contribution >= 0.6 is 0 Å². The minimum atomic E-state index is -0.202. The van der Waals surface area contributed by atoms with Crippen molar-refractivity contribution in [3.05, 3.63) is 35.6 Å². The molecular formula is C13H18FNO. The number of nitrogens with one attached hydrogen (secondary N) is 1. The van der Waals surface area contributed by atoms with E-state index in [4.69, 9.17) is 4.74 Å². The summed E-state index contributed by atoms with van der Waals surface area (Å²) < 4.78 is 18.7. The third-order valence-corrected chi connectivity index (χ3v) is 3.05. The molecule has 1 aromatic carbocycles. The molecule has 2 rings (SSSR count). The van der Waals surface area contributed by atoms with Crippen molar-refractivity contribution in [1.29, 1.82) is 0 Å². The quantitative estimate of drug-likeness (QED) is 0.790. The molecule has 16 heavy (non-hydrogen) atoms. The first-order chi connectivity index (χ1) is 7.66. The van der Waals surface area contributed by atoms with Crippen molar-refractivity contribution in [2.45, 2.75) is 38.5 Å². The van der Waals surface area contributed by atoms with E-state index in [-0.39, 0.29) is 18.0 Å². The van der Waals surface area contributed by atoms with E-state index in [0.717, 1.165) is 18.6 Å². The number of ether oxygens (including phenoxy) is 1. The smallest absolute Gasteiger partial charge is 0.123 e. The summed E-state index contributed by atoms with van der Waals surface area (Å²) in [5, 5.41) is 3.49. The van der Waals surface area contributed by atoms with Gasteiger partial charge in [-0.3, -0.25) is 0 Å². The van der Waals surface area contributed by atoms with E-state index in [1.54, 1.807) is 12.1 Å². The molecule has 88 valence electrons. The van der Waals surface area contributed by atoms with E-state index < -0.39 is 0 Å². The van der Waals surface area contributed by atoms with E-state index in [9.17, 15) is 4.39 Å². The van der Waals surface area contributed by atoms with Gasteiger partial charge in [0, 0.05) is 18.7 Å². The number of benzene rings is 1. The normalized spacial score (nSPS) is 31.1. The van der Waals surface area contributed by atoms with Gasteiger partial charge in [-0.2, -0.15) is 0 Å². The molecule has 1 aliphatic rings. The highest BCUT2D eigenvalue weighted by Crippen LogP contribution is 2.24. The first kappa shape index (κ1) is 11.6. The first-order valence-electron chi connectivity index (χ1n) is 5.80. The van der Waals surface area contributed by atoms with Crippen molar-refractivity contribution < 1.29 is 9.13 Å². The Hall–Kier alpha value is -0.930. The molecule has 3 heteroatoms. The summed E-state index contributed by atoms with van der Waals surface area (Å²) in [6.07, 6.45) is 1.03. The molecule has 0 saturated carbocycles. The Labute approximate surface area is 95.8 Å². The highest BCUT2D eigenvalue weighted by molar-refractivity contribution is 5.20. The zero-order valence-corrected chi connectivity index (χ0v) is 9.74. The van der Waals surface area contributed by atoms with E-state index in [2.05, 4.69) is 19.2 Å². The van der Waals surface area contributed by atoms with Gasteiger partial charge in [0.15, 0.2) is 0 Å². The van der Waals surface area contributed by atoms with Gasteiger partial charge in [-0.1, -0.05) is 12.1 Å². The van der Waals surface area contributed by atoms with Gasteiger partial charge in [-0.25, -0.2) is 4.39 Å². The fraction of sp³-hybridized carbons (Fsp3) is 0.538. The van der Waals surface area contributed by atoms with Gasteiger partial charge in [-0.15, -0.1) is 0 Å². The maximum atomic E-state index is 12.8. The second-order valence-corrected chi connectivity index (χ2v) is 4.49. The molecule has 0 aliphatic carbocycles. The second kappa shape index (κ2) is 4.93. The topological polar surface area (TPSA) is 21.3 Å². The van der Waals surface area contributed by atoms with E-state index in [0.29, 0.717) is 6.04 Å². The zero-order chi connectivity index (χ0) is 11.5. The van der Waals surface area contributed by atoms with Crippen molar-refractivity contribution in [3.63, 3.8) is 0 Å². The Kier molecular flexibility index (Phi) is 3.56. The van der Waals surface area contributed by atoms with Crippen molar-refractivity contribution in [2.75, 3.05) is 6.61 Å². The molecule has 1 fully saturated rings. The van der Waals surface area contributed by atoms with Crippen LogP contribution in [0, 0.1) is 5.82 Å². The molecule has 3 atom stereocenters. The Bertz CT molecular complexity index is 338. The maximum Gasteiger partial charge on any atom is 0.123 e. The Morgan fingerprint density at radius 2 is 1.94 bits per heavy atom. The third kappa shape index (κ3) is 2.60. The molecule has 0 bridgehead atoms. The molecule has 3 unspecified atom stereocenters. The Balaban J connectivity index is 2.15. The average Bonchev–Trinajstić information content (AvgIpc) is 2.41. The van der Waals surface area contributed by atoms with E-state index in [1.807, 2.05) is 0 Å². The first-order valence-corrected chi connectivity index (χ1v) is 5.80. The van der Waals surface area contributed by atoms with Crippen LogP contribution in [0.25, 0.3) is 0 Å². The lowest BCUT2D eigenvalue weighted by atomic mass is 10.0. The SMILES string of the molecule is CC1CCOC(c2ccc(F)cc2)C(C)N1. The van der Waals surface area contributed by atoms with Crippen LogP contribution in [0.15, 0.2) is 24.3 Å². The minimum absolute atomic E-state index is 0.0190. The van der Waals surface area contributed by atoms with Crippen LogP contribution in [0.4, 0.5) is 4.39 Å². The summed E-state index contributed by atoms with van der Waals surface area (Å²) in [5.74, 6) is -0.202. The molecule has 0 radical (unpaired) electrons. The summed E-state index contributed by atoms with van der Waals surface area (Å²) in [5.41, 5.74) is 1.04. The molecule has 0 aromatic heterocycles. The van der Waals surface area contributed by atoms with Gasteiger partial charge in [0.2, 0.25) is 0 Å². The maximum absolute atomic E-state index is 12.8. The van der Waals surface area contributed by atoms with Crippen molar-refractivity contribution in [2.24, 2.45) is 0 Å². The van der Waals surface area contributed by atoms with Crippen LogP contribution in [0.1, 0.15) is 31.9 Å². The van der Waals surface area contributed by atoms with Gasteiger partial charge in [0.05, 0.1) is 6.10 Å². The lowest BCUT2D eigenvalue weighted by molar-refractivity contribution is 0.0461. The predicted octanol–water partition coefficient (Wildman–Crippen LogP) is 2.65. The predicted molar refractivity (Wildman–Crippen MR) is 61.8 cm³/mol. The van der Waals surface area contributed by atoms with Gasteiger partial charge >= 0.3 is 0 Å². The van der Waals surface area contributed by atoms with Crippen LogP contribution in [0.3, 0.4) is 0 Å². The Morgan fingerprint density at radius 1 is 1.25 bits per heavy atom. The lowest BCUT2D eigenvalue weighted by Gasteiger charge is -2.23. The molecular weight excluding hydrogens is 205 g/mol. The lowest BCUT2D eigenvalue weighted by Crippen LogP contribution is -2.36. The van der Waals surface area contributed by atoms with E-state index in [1.165, 1.54) is 12.1 Å². The van der Waals surface area contributed by atoms with Crippen molar-refractivity contribution in [3.8, 4) is 0 Å². The largest absolute Gasteiger partial charge is 0.372 e. The van der Waals surface area contributed by atoms with Crippen molar-refractivity contribution in [1.82, 2.24) is 5.32 Å². The molecule has 1 N–H and O–H groups in total. The van der Waals surface area contributed by atoms with Gasteiger partial charge in [0.1, 0.15) is 5.82 Å². The second-order valence-electron chi connectivity index (χ2n) is 4.49. The summed E-state index contributed by atoms with van der Waals surface area (Å²) in [6.45, 7) is 5.02. The minimum Gasteiger partial charge on any atom is -0.372 e. The van der Waals surface area contributed by atoms with Gasteiger partial charge < -0.3 is 10.1 Å². The molecule has 0 amide bonds. The van der Waals surface area contributed by atoms with Crippen LogP contribution in [-0.4, -0.2) is 18.7 Å². The van der Waals surface area contributed by atoms with Crippen LogP contribution in [0.2, 0.25) is 0 Å². The van der Waals surface area contributed by atoms with Crippen molar-refractivity contribution >= 4 is 0 Å². The number of hydrogen-bond acceptors (Lipinski definition) is 2. The van der Waals surface area contributed by atoms with Gasteiger partial charge in [0.25, 0.3) is 0 Å². The Morgan fingerprint density at radius 3 is 2.62 bits per heavy atom. The average molecular weight is 223 g/mol. The molecule has 1 heterocycles. The summed E-state index contributed by atoms with van der Waals surface area (Å²) in [4.78, 5) is 0. The summed E-state index contributed by atoms with van der Waals surface area (Å²) in [7, 11) is 0. The summed E-state index contributed by atoms with van der Waals surface area (Å²) in [6, 6.07) is 7.30. The third-order valence-electron chi connectivity index (χ3n) is 3.05.